The summed E-state index contributed by atoms with van der Waals surface area (Å²) in [5.41, 5.74) is 1.91. The fourth-order valence-corrected chi connectivity index (χ4v) is 2.46. The Morgan fingerprint density at radius 1 is 1.17 bits per heavy atom. The van der Waals surface area contributed by atoms with Crippen LogP contribution >= 0.6 is 0 Å². The van der Waals surface area contributed by atoms with Crippen molar-refractivity contribution >= 4 is 17.4 Å². The van der Waals surface area contributed by atoms with Gasteiger partial charge in [0.2, 0.25) is 5.82 Å². The van der Waals surface area contributed by atoms with Gasteiger partial charge in [-0.05, 0) is 36.4 Å². The average Bonchev–Trinajstić information content (AvgIpc) is 3.16. The van der Waals surface area contributed by atoms with Crippen molar-refractivity contribution < 1.29 is 14.4 Å². The van der Waals surface area contributed by atoms with Gasteiger partial charge in [-0.25, -0.2) is 9.67 Å². The Hall–Kier alpha value is -3.66. The lowest BCUT2D eigenvalue weighted by atomic mass is 10.1. The molecule has 0 aliphatic rings. The number of hydrogen-bond donors (Lipinski definition) is 1. The summed E-state index contributed by atoms with van der Waals surface area (Å²) in [5, 5.41) is 18.5. The third-order valence-electron chi connectivity index (χ3n) is 3.87. The molecule has 0 aliphatic heterocycles. The van der Waals surface area contributed by atoms with Crippen LogP contribution in [0.15, 0.2) is 53.7 Å². The number of hydrogen-bond acceptors (Lipinski definition) is 8. The fraction of sp³-hybridized carbons (Fsp3) is 0.300. The van der Waals surface area contributed by atoms with Gasteiger partial charge in [-0.1, -0.05) is 41.6 Å². The van der Waals surface area contributed by atoms with E-state index < -0.39 is 0 Å². The third-order valence-corrected chi connectivity index (χ3v) is 3.87. The molecule has 10 nitrogen and oxygen atoms in total. The smallest absolute Gasteiger partial charge is 0.251 e. The zero-order valence-electron chi connectivity index (χ0n) is 17.0. The van der Waals surface area contributed by atoms with Crippen LogP contribution in [0.1, 0.15) is 30.9 Å². The highest BCUT2D eigenvalue weighted by Crippen LogP contribution is 2.10. The molecule has 0 fully saturated rings. The minimum atomic E-state index is -0.270. The van der Waals surface area contributed by atoms with E-state index >= 15 is 0 Å². The highest BCUT2D eigenvalue weighted by Gasteiger charge is 2.15. The summed E-state index contributed by atoms with van der Waals surface area (Å²) in [6.07, 6.45) is -0.0239. The lowest BCUT2D eigenvalue weighted by molar-refractivity contribution is -0.121. The van der Waals surface area contributed by atoms with Gasteiger partial charge in [-0.15, -0.1) is 5.10 Å². The van der Waals surface area contributed by atoms with Crippen molar-refractivity contribution in [2.45, 2.75) is 26.6 Å². The topological polar surface area (TPSA) is 116 Å². The van der Waals surface area contributed by atoms with Gasteiger partial charge in [-0.3, -0.25) is 4.79 Å². The Labute approximate surface area is 173 Å². The lowest BCUT2D eigenvalue weighted by Gasteiger charge is -2.09. The first kappa shape index (κ1) is 21.1. The van der Waals surface area contributed by atoms with Crippen LogP contribution in [0, 0.1) is 0 Å². The van der Waals surface area contributed by atoms with Gasteiger partial charge in [0.05, 0.1) is 11.8 Å². The molecule has 3 aromatic rings. The van der Waals surface area contributed by atoms with Gasteiger partial charge in [-0.2, -0.15) is 0 Å². The molecular formula is C20H23N7O3. The zero-order valence-corrected chi connectivity index (χ0v) is 17.0. The second-order valence-corrected chi connectivity index (χ2v) is 6.63. The number of tetrazole rings is 1. The maximum Gasteiger partial charge on any atom is 0.251 e. The first-order chi connectivity index (χ1) is 14.5. The number of aryl methyl sites for hydroxylation is 1. The highest BCUT2D eigenvalue weighted by atomic mass is 16.6. The minimum Gasteiger partial charge on any atom is -0.389 e. The first-order valence-electron chi connectivity index (χ1n) is 9.38. The molecule has 0 unspecified atom stereocenters. The number of nitrogens with zero attached hydrogens (tertiary/aromatic N) is 6. The number of anilines is 1. The Morgan fingerprint density at radius 3 is 2.67 bits per heavy atom. The number of aromatic nitrogens is 5. The number of ether oxygens (including phenoxy) is 1. The molecule has 0 aliphatic carbocycles. The Balaban J connectivity index is 1.68. The zero-order chi connectivity index (χ0) is 21.3. The second-order valence-electron chi connectivity index (χ2n) is 6.63. The van der Waals surface area contributed by atoms with Gasteiger partial charge in [0, 0.05) is 12.6 Å². The van der Waals surface area contributed by atoms with Crippen molar-refractivity contribution in [3.8, 4) is 0 Å². The molecule has 0 saturated carbocycles. The molecule has 1 amide bonds. The van der Waals surface area contributed by atoms with Crippen LogP contribution in [0.25, 0.3) is 0 Å². The maximum atomic E-state index is 11.9. The average molecular weight is 409 g/mol. The van der Waals surface area contributed by atoms with E-state index in [2.05, 4.69) is 31.0 Å². The van der Waals surface area contributed by atoms with Gasteiger partial charge in [0.25, 0.3) is 5.91 Å². The summed E-state index contributed by atoms with van der Waals surface area (Å²) in [5.74, 6) is 0.618. The SMILES string of the molecule is CC(C)OCC(=O)Nc1cccc(CON=C(c2ccccc2)c2nnnn2C)n1. The number of amides is 1. The third kappa shape index (κ3) is 5.92. The molecule has 10 heteroatoms. The van der Waals surface area contributed by atoms with E-state index in [0.29, 0.717) is 23.0 Å². The van der Waals surface area contributed by atoms with Crippen molar-refractivity contribution in [1.82, 2.24) is 25.2 Å². The van der Waals surface area contributed by atoms with Gasteiger partial charge < -0.3 is 14.9 Å². The predicted molar refractivity (Wildman–Crippen MR) is 110 cm³/mol. The highest BCUT2D eigenvalue weighted by molar-refractivity contribution is 6.10. The molecule has 156 valence electrons. The number of pyridine rings is 1. The van der Waals surface area contributed by atoms with Crippen LogP contribution in [0.3, 0.4) is 0 Å². The first-order valence-corrected chi connectivity index (χ1v) is 9.38. The van der Waals surface area contributed by atoms with Crippen LogP contribution in [0.4, 0.5) is 5.82 Å². The van der Waals surface area contributed by atoms with E-state index in [9.17, 15) is 4.79 Å². The van der Waals surface area contributed by atoms with Gasteiger partial charge in [0.1, 0.15) is 12.4 Å². The molecule has 3 rings (SSSR count). The van der Waals surface area contributed by atoms with E-state index in [1.54, 1.807) is 25.2 Å². The van der Waals surface area contributed by atoms with Crippen LogP contribution in [0.2, 0.25) is 0 Å². The molecule has 2 heterocycles. The number of oxime groups is 1. The Bertz CT molecular complexity index is 1000. The number of carbonyl (C=O) groups is 1. The second kappa shape index (κ2) is 10.2. The van der Waals surface area contributed by atoms with Crippen molar-refractivity contribution in [2.24, 2.45) is 12.2 Å². The number of carbonyl (C=O) groups excluding carboxylic acids is 1. The molecule has 2 aromatic heterocycles. The molecule has 0 bridgehead atoms. The number of rotatable bonds is 9. The number of nitrogens with one attached hydrogen (secondary N) is 1. The minimum absolute atomic E-state index is 0.0239. The van der Waals surface area contributed by atoms with Crippen molar-refractivity contribution in [1.29, 1.82) is 0 Å². The van der Waals surface area contributed by atoms with Crippen molar-refractivity contribution in [2.75, 3.05) is 11.9 Å². The summed E-state index contributed by atoms with van der Waals surface area (Å²) in [6, 6.07) is 14.7. The van der Waals surface area contributed by atoms with E-state index in [4.69, 9.17) is 9.57 Å². The molecule has 0 radical (unpaired) electrons. The largest absolute Gasteiger partial charge is 0.389 e. The molecule has 0 atom stereocenters. The van der Waals surface area contributed by atoms with Crippen molar-refractivity contribution in [3.05, 3.63) is 65.6 Å². The molecule has 1 N–H and O–H groups in total. The molecule has 0 saturated heterocycles. The molecular weight excluding hydrogens is 386 g/mol. The van der Waals surface area contributed by atoms with Crippen LogP contribution < -0.4 is 5.32 Å². The Kier molecular flexibility index (Phi) is 7.17. The monoisotopic (exact) mass is 409 g/mol. The molecule has 30 heavy (non-hydrogen) atoms. The van der Waals surface area contributed by atoms with Crippen LogP contribution in [-0.2, 0) is 28.0 Å². The van der Waals surface area contributed by atoms with Gasteiger partial charge >= 0.3 is 0 Å². The molecule has 1 aromatic carbocycles. The van der Waals surface area contributed by atoms with E-state index in [1.807, 2.05) is 44.2 Å². The van der Waals surface area contributed by atoms with E-state index in [1.165, 1.54) is 4.68 Å². The predicted octanol–water partition coefficient (Wildman–Crippen LogP) is 1.94. The van der Waals surface area contributed by atoms with Crippen molar-refractivity contribution in [3.63, 3.8) is 0 Å². The lowest BCUT2D eigenvalue weighted by Crippen LogP contribution is -2.21. The van der Waals surface area contributed by atoms with Gasteiger partial charge in [0.15, 0.2) is 12.3 Å². The summed E-state index contributed by atoms with van der Waals surface area (Å²) in [6.45, 7) is 3.81. The molecule has 0 spiro atoms. The normalized spacial score (nSPS) is 11.5. The summed E-state index contributed by atoms with van der Waals surface area (Å²) in [4.78, 5) is 21.8. The summed E-state index contributed by atoms with van der Waals surface area (Å²) in [7, 11) is 1.73. The quantitative estimate of drug-likeness (QED) is 0.424. The summed E-state index contributed by atoms with van der Waals surface area (Å²) < 4.78 is 6.80. The van der Waals surface area contributed by atoms with E-state index in [-0.39, 0.29) is 25.2 Å². The fourth-order valence-electron chi connectivity index (χ4n) is 2.46. The number of benzene rings is 1. The standard InChI is InChI=1S/C20H23N7O3/c1-14(2)29-13-18(28)22-17-11-7-10-16(21-17)12-30-24-19(15-8-5-4-6-9-15)20-23-25-26-27(20)3/h4-11,14H,12-13H2,1-3H3,(H,21,22,28). The van der Waals surface area contributed by atoms with Crippen LogP contribution in [-0.4, -0.2) is 49.5 Å². The maximum absolute atomic E-state index is 11.9. The summed E-state index contributed by atoms with van der Waals surface area (Å²) >= 11 is 0. The van der Waals surface area contributed by atoms with Crippen LogP contribution in [0.5, 0.6) is 0 Å². The van der Waals surface area contributed by atoms with E-state index in [0.717, 1.165) is 5.56 Å². The Morgan fingerprint density at radius 2 is 1.97 bits per heavy atom.